The summed E-state index contributed by atoms with van der Waals surface area (Å²) in [6.07, 6.45) is -0.495. The molecule has 0 saturated heterocycles. The zero-order chi connectivity index (χ0) is 23.4. The lowest BCUT2D eigenvalue weighted by Gasteiger charge is -2.23. The first-order valence-corrected chi connectivity index (χ1v) is 9.36. The molecule has 0 aliphatic heterocycles. The van der Waals surface area contributed by atoms with Crippen molar-refractivity contribution in [3.8, 4) is 0 Å². The van der Waals surface area contributed by atoms with Crippen molar-refractivity contribution >= 4 is 29.7 Å². The molecule has 1 rings (SSSR count). The van der Waals surface area contributed by atoms with Crippen molar-refractivity contribution in [2.24, 2.45) is 5.73 Å². The van der Waals surface area contributed by atoms with Crippen molar-refractivity contribution in [3.05, 3.63) is 35.9 Å². The molecule has 170 valence electrons. The van der Waals surface area contributed by atoms with Gasteiger partial charge in [-0.15, -0.1) is 0 Å². The molecule has 3 amide bonds. The van der Waals surface area contributed by atoms with Crippen LogP contribution in [0.25, 0.3) is 0 Å². The summed E-state index contributed by atoms with van der Waals surface area (Å²) in [4.78, 5) is 58.2. The van der Waals surface area contributed by atoms with Gasteiger partial charge in [-0.25, -0.2) is 0 Å². The normalized spacial score (nSPS) is 13.4. The third-order valence-corrected chi connectivity index (χ3v) is 4.15. The van der Waals surface area contributed by atoms with E-state index in [0.717, 1.165) is 0 Å². The number of hydrogen-bond acceptors (Lipinski definition) is 7. The van der Waals surface area contributed by atoms with E-state index in [1.54, 1.807) is 30.3 Å². The van der Waals surface area contributed by atoms with Crippen molar-refractivity contribution in [3.63, 3.8) is 0 Å². The molecule has 8 N–H and O–H groups in total. The van der Waals surface area contributed by atoms with Gasteiger partial charge in [0.25, 0.3) is 0 Å². The van der Waals surface area contributed by atoms with Gasteiger partial charge in [-0.2, -0.15) is 0 Å². The first-order chi connectivity index (χ1) is 14.6. The minimum atomic E-state index is -1.45. The first kappa shape index (κ1) is 25.5. The molecular formula is C19H26N4O8. The number of rotatable bonds is 13. The van der Waals surface area contributed by atoms with Crippen LogP contribution in [0.15, 0.2) is 30.3 Å². The molecule has 3 unspecified atom stereocenters. The van der Waals surface area contributed by atoms with Crippen molar-refractivity contribution in [2.45, 2.75) is 37.4 Å². The lowest BCUT2D eigenvalue weighted by atomic mass is 10.0. The van der Waals surface area contributed by atoms with Crippen LogP contribution in [0.4, 0.5) is 0 Å². The van der Waals surface area contributed by atoms with Gasteiger partial charge in [-0.1, -0.05) is 30.3 Å². The summed E-state index contributed by atoms with van der Waals surface area (Å²) in [7, 11) is 0. The van der Waals surface area contributed by atoms with Gasteiger partial charge in [-0.3, -0.25) is 24.0 Å². The van der Waals surface area contributed by atoms with Gasteiger partial charge in [-0.05, 0) is 12.0 Å². The van der Waals surface area contributed by atoms with Crippen molar-refractivity contribution < 1.29 is 39.3 Å². The van der Waals surface area contributed by atoms with E-state index in [2.05, 4.69) is 16.0 Å². The van der Waals surface area contributed by atoms with E-state index in [0.29, 0.717) is 5.56 Å². The average Bonchev–Trinajstić information content (AvgIpc) is 2.73. The van der Waals surface area contributed by atoms with Gasteiger partial charge in [0.05, 0.1) is 12.6 Å². The number of aliphatic hydroxyl groups is 1. The lowest BCUT2D eigenvalue weighted by molar-refractivity contribution is -0.139. The monoisotopic (exact) mass is 438 g/mol. The molecular weight excluding hydrogens is 412 g/mol. The SMILES string of the molecule is NC(CCC(=O)O)C(=O)NC(CO)C(=O)NC(Cc1ccccc1)C(=O)NCC(=O)O. The second kappa shape index (κ2) is 12.9. The summed E-state index contributed by atoms with van der Waals surface area (Å²) in [6.45, 7) is -1.46. The zero-order valence-corrected chi connectivity index (χ0v) is 16.6. The largest absolute Gasteiger partial charge is 0.481 e. The van der Waals surface area contributed by atoms with Gasteiger partial charge in [0.2, 0.25) is 17.7 Å². The average molecular weight is 438 g/mol. The molecule has 0 aliphatic carbocycles. The minimum Gasteiger partial charge on any atom is -0.481 e. The molecule has 0 bridgehead atoms. The lowest BCUT2D eigenvalue weighted by Crippen LogP contribution is -2.57. The maximum Gasteiger partial charge on any atom is 0.322 e. The van der Waals surface area contributed by atoms with E-state index in [-0.39, 0.29) is 19.3 Å². The molecule has 0 radical (unpaired) electrons. The van der Waals surface area contributed by atoms with Crippen molar-refractivity contribution in [1.82, 2.24) is 16.0 Å². The number of carbonyl (C=O) groups is 5. The van der Waals surface area contributed by atoms with E-state index < -0.39 is 60.9 Å². The summed E-state index contributed by atoms with van der Waals surface area (Å²) >= 11 is 0. The van der Waals surface area contributed by atoms with Crippen LogP contribution in [0.5, 0.6) is 0 Å². The number of carboxylic acids is 2. The summed E-state index contributed by atoms with van der Waals surface area (Å²) in [5.74, 6) is -4.91. The Morgan fingerprint density at radius 3 is 2.03 bits per heavy atom. The van der Waals surface area contributed by atoms with Gasteiger partial charge < -0.3 is 37.0 Å². The number of nitrogens with one attached hydrogen (secondary N) is 3. The van der Waals surface area contributed by atoms with Crippen molar-refractivity contribution in [2.75, 3.05) is 13.2 Å². The first-order valence-electron chi connectivity index (χ1n) is 9.36. The number of benzene rings is 1. The van der Waals surface area contributed by atoms with Gasteiger partial charge >= 0.3 is 11.9 Å². The smallest absolute Gasteiger partial charge is 0.322 e. The Balaban J connectivity index is 2.83. The highest BCUT2D eigenvalue weighted by Crippen LogP contribution is 2.04. The summed E-state index contributed by atoms with van der Waals surface area (Å²) in [6, 6.07) is 4.77. The van der Waals surface area contributed by atoms with Crippen LogP contribution in [-0.4, -0.2) is 76.3 Å². The molecule has 0 spiro atoms. The Bertz CT molecular complexity index is 786. The maximum absolute atomic E-state index is 12.5. The fourth-order valence-corrected chi connectivity index (χ4v) is 2.50. The summed E-state index contributed by atoms with van der Waals surface area (Å²) in [5.41, 5.74) is 6.26. The van der Waals surface area contributed by atoms with Crippen LogP contribution in [0.2, 0.25) is 0 Å². The Kier molecular flexibility index (Phi) is 10.6. The molecule has 31 heavy (non-hydrogen) atoms. The van der Waals surface area contributed by atoms with Crippen LogP contribution in [-0.2, 0) is 30.4 Å². The predicted molar refractivity (Wildman–Crippen MR) is 107 cm³/mol. The Morgan fingerprint density at radius 1 is 0.871 bits per heavy atom. The number of nitrogens with two attached hydrogens (primary N) is 1. The number of carboxylic acid groups (broad SMARTS) is 2. The molecule has 0 heterocycles. The Hall–Kier alpha value is -3.51. The number of hydrogen-bond donors (Lipinski definition) is 7. The second-order valence-corrected chi connectivity index (χ2v) is 6.65. The van der Waals surface area contributed by atoms with E-state index >= 15 is 0 Å². The highest BCUT2D eigenvalue weighted by Gasteiger charge is 2.28. The maximum atomic E-state index is 12.5. The third kappa shape index (κ3) is 9.69. The van der Waals surface area contributed by atoms with Crippen LogP contribution < -0.4 is 21.7 Å². The number of carbonyl (C=O) groups excluding carboxylic acids is 3. The molecule has 12 nitrogen and oxygen atoms in total. The molecule has 0 aliphatic rings. The van der Waals surface area contributed by atoms with E-state index in [9.17, 15) is 29.1 Å². The molecule has 0 saturated carbocycles. The molecule has 12 heteroatoms. The fraction of sp³-hybridized carbons (Fsp3) is 0.421. The number of aliphatic hydroxyl groups excluding tert-OH is 1. The van der Waals surface area contributed by atoms with E-state index in [4.69, 9.17) is 15.9 Å². The molecule has 3 atom stereocenters. The standard InChI is InChI=1S/C19H26N4O8/c20-12(6-7-15(25)26)17(29)23-14(10-24)19(31)22-13(18(30)21-9-16(27)28)8-11-4-2-1-3-5-11/h1-5,12-14,24H,6-10,20H2,(H,21,30)(H,22,31)(H,23,29)(H,25,26)(H,27,28). The fourth-order valence-electron chi connectivity index (χ4n) is 2.50. The van der Waals surface area contributed by atoms with Gasteiger partial charge in [0, 0.05) is 12.8 Å². The second-order valence-electron chi connectivity index (χ2n) is 6.65. The van der Waals surface area contributed by atoms with Crippen LogP contribution in [0.1, 0.15) is 18.4 Å². The highest BCUT2D eigenvalue weighted by atomic mass is 16.4. The quantitative estimate of drug-likeness (QED) is 0.175. The number of aliphatic carboxylic acids is 2. The minimum absolute atomic E-state index is 0.0300. The molecule has 1 aromatic rings. The third-order valence-electron chi connectivity index (χ3n) is 4.15. The van der Waals surface area contributed by atoms with Gasteiger partial charge in [0.15, 0.2) is 0 Å². The Morgan fingerprint density at radius 2 is 1.48 bits per heavy atom. The number of amides is 3. The highest BCUT2D eigenvalue weighted by molar-refractivity contribution is 5.94. The van der Waals surface area contributed by atoms with Crippen LogP contribution >= 0.6 is 0 Å². The van der Waals surface area contributed by atoms with E-state index in [1.165, 1.54) is 0 Å². The van der Waals surface area contributed by atoms with Crippen molar-refractivity contribution in [1.29, 1.82) is 0 Å². The topological polar surface area (TPSA) is 208 Å². The molecule has 0 aromatic heterocycles. The predicted octanol–water partition coefficient (Wildman–Crippen LogP) is -2.42. The zero-order valence-electron chi connectivity index (χ0n) is 16.6. The van der Waals surface area contributed by atoms with Crippen LogP contribution in [0, 0.1) is 0 Å². The summed E-state index contributed by atoms with van der Waals surface area (Å²) < 4.78 is 0. The Labute approximate surface area is 177 Å². The molecule has 1 aromatic carbocycles. The molecule has 0 fully saturated rings. The van der Waals surface area contributed by atoms with Crippen LogP contribution in [0.3, 0.4) is 0 Å². The van der Waals surface area contributed by atoms with Gasteiger partial charge in [0.1, 0.15) is 18.6 Å². The van der Waals surface area contributed by atoms with E-state index in [1.807, 2.05) is 0 Å². The summed E-state index contributed by atoms with van der Waals surface area (Å²) in [5, 5.41) is 33.6.